The highest BCUT2D eigenvalue weighted by Gasteiger charge is 2.34. The van der Waals surface area contributed by atoms with Gasteiger partial charge < -0.3 is 25.4 Å². The molecular formula is C37H49N5O5. The molecule has 10 nitrogen and oxygen atoms in total. The quantitative estimate of drug-likeness (QED) is 0.296. The van der Waals surface area contributed by atoms with E-state index in [0.29, 0.717) is 26.1 Å². The summed E-state index contributed by atoms with van der Waals surface area (Å²) in [5, 5.41) is 15.6. The minimum absolute atomic E-state index is 0.0651. The zero-order valence-electron chi connectivity index (χ0n) is 27.8. The van der Waals surface area contributed by atoms with Gasteiger partial charge in [-0.25, -0.2) is 4.79 Å². The van der Waals surface area contributed by atoms with Crippen LogP contribution in [0.3, 0.4) is 0 Å². The van der Waals surface area contributed by atoms with Crippen LogP contribution in [-0.4, -0.2) is 94.7 Å². The number of hydrogen-bond donors (Lipinski definition) is 3. The minimum Gasteiger partial charge on any atom is -0.481 e. The van der Waals surface area contributed by atoms with Gasteiger partial charge in [0.25, 0.3) is 0 Å². The van der Waals surface area contributed by atoms with E-state index in [1.54, 1.807) is 4.90 Å². The summed E-state index contributed by atoms with van der Waals surface area (Å²) >= 11 is 0. The van der Waals surface area contributed by atoms with E-state index in [1.807, 2.05) is 87.5 Å². The lowest BCUT2D eigenvalue weighted by Gasteiger charge is -2.41. The Hall–Kier alpha value is -4.25. The Balaban J connectivity index is 0.000000213. The lowest BCUT2D eigenvalue weighted by Crippen LogP contribution is -2.56. The Kier molecular flexibility index (Phi) is 13.3. The second-order valence-electron chi connectivity index (χ2n) is 13.1. The molecule has 2 aliphatic rings. The third-order valence-electron chi connectivity index (χ3n) is 7.93. The number of nitrogens with one attached hydrogen (secondary N) is 2. The van der Waals surface area contributed by atoms with Gasteiger partial charge in [0.2, 0.25) is 5.91 Å². The van der Waals surface area contributed by atoms with Crippen LogP contribution in [0.5, 0.6) is 0 Å². The van der Waals surface area contributed by atoms with Crippen molar-refractivity contribution >= 4 is 23.7 Å². The summed E-state index contributed by atoms with van der Waals surface area (Å²) in [6.45, 7) is 11.7. The highest BCUT2D eigenvalue weighted by Crippen LogP contribution is 2.19. The van der Waals surface area contributed by atoms with E-state index in [2.05, 4.69) is 44.7 Å². The first-order valence-electron chi connectivity index (χ1n) is 16.4. The van der Waals surface area contributed by atoms with Crippen molar-refractivity contribution in [3.8, 4) is 0 Å². The lowest BCUT2D eigenvalue weighted by atomic mass is 10.1. The largest absolute Gasteiger partial charge is 0.481 e. The maximum atomic E-state index is 12.4. The molecule has 2 amide bonds. The molecular weight excluding hydrogens is 594 g/mol. The molecule has 0 bridgehead atoms. The molecule has 0 unspecified atom stereocenters. The third-order valence-corrected chi connectivity index (χ3v) is 7.93. The standard InChI is InChI=1S/C19H23N3O.C18H26N2O4/c23-19(21-17-9-5-2-6-10-17)13-18-15-22(12-11-20-18)14-16-7-3-1-4-8-16;1-18(2,3)24-17(23)20-10-9-19(13-15(20)11-16(21)22)12-14-7-5-4-6-8-14/h1-10,18,20H,11-15H2,(H,21,23);4-8,15H,9-13H2,1-3H3,(H,21,22)/t18-;15-/m11/s1. The van der Waals surface area contributed by atoms with Gasteiger partial charge in [0, 0.05) is 70.5 Å². The number of rotatable bonds is 9. The van der Waals surface area contributed by atoms with E-state index in [1.165, 1.54) is 11.1 Å². The molecule has 2 aliphatic heterocycles. The molecule has 0 saturated carbocycles. The fraction of sp³-hybridized carbons (Fsp3) is 0.432. The number of amides is 2. The van der Waals surface area contributed by atoms with Crippen molar-refractivity contribution in [2.45, 2.75) is 64.4 Å². The van der Waals surface area contributed by atoms with E-state index >= 15 is 0 Å². The van der Waals surface area contributed by atoms with Crippen molar-refractivity contribution in [1.82, 2.24) is 20.0 Å². The van der Waals surface area contributed by atoms with Crippen molar-refractivity contribution in [2.24, 2.45) is 0 Å². The lowest BCUT2D eigenvalue weighted by molar-refractivity contribution is -0.139. The number of piperazine rings is 2. The highest BCUT2D eigenvalue weighted by molar-refractivity contribution is 5.91. The Morgan fingerprint density at radius 1 is 0.787 bits per heavy atom. The van der Waals surface area contributed by atoms with Gasteiger partial charge >= 0.3 is 12.1 Å². The number of ether oxygens (including phenoxy) is 1. The van der Waals surface area contributed by atoms with Gasteiger partial charge in [0.15, 0.2) is 0 Å². The molecule has 2 fully saturated rings. The van der Waals surface area contributed by atoms with Gasteiger partial charge in [-0.05, 0) is 44.0 Å². The highest BCUT2D eigenvalue weighted by atomic mass is 16.6. The summed E-state index contributed by atoms with van der Waals surface area (Å²) < 4.78 is 5.42. The van der Waals surface area contributed by atoms with Crippen molar-refractivity contribution in [1.29, 1.82) is 0 Å². The minimum atomic E-state index is -0.907. The number of carboxylic acid groups (broad SMARTS) is 1. The van der Waals surface area contributed by atoms with E-state index in [0.717, 1.165) is 38.4 Å². The number of carbonyl (C=O) groups excluding carboxylic acids is 2. The molecule has 47 heavy (non-hydrogen) atoms. The molecule has 3 aromatic rings. The monoisotopic (exact) mass is 643 g/mol. The van der Waals surface area contributed by atoms with E-state index in [9.17, 15) is 19.5 Å². The summed E-state index contributed by atoms with van der Waals surface area (Å²) in [4.78, 5) is 41.9. The van der Waals surface area contributed by atoms with Crippen LogP contribution in [0.2, 0.25) is 0 Å². The molecule has 252 valence electrons. The molecule has 10 heteroatoms. The number of carboxylic acids is 1. The topological polar surface area (TPSA) is 114 Å². The number of para-hydroxylation sites is 1. The average Bonchev–Trinajstić information content (AvgIpc) is 3.02. The predicted octanol–water partition coefficient (Wildman–Crippen LogP) is 5.07. The summed E-state index contributed by atoms with van der Waals surface area (Å²) in [7, 11) is 0. The summed E-state index contributed by atoms with van der Waals surface area (Å²) in [5.74, 6) is -0.842. The van der Waals surface area contributed by atoms with Gasteiger partial charge in [-0.3, -0.25) is 19.4 Å². The van der Waals surface area contributed by atoms with Crippen LogP contribution in [0.15, 0.2) is 91.0 Å². The van der Waals surface area contributed by atoms with Gasteiger partial charge in [-0.2, -0.15) is 0 Å². The molecule has 5 rings (SSSR count). The molecule has 2 heterocycles. The van der Waals surface area contributed by atoms with Crippen molar-refractivity contribution in [3.05, 3.63) is 102 Å². The Morgan fingerprint density at radius 2 is 1.34 bits per heavy atom. The summed E-state index contributed by atoms with van der Waals surface area (Å²) in [5.41, 5.74) is 2.76. The maximum absolute atomic E-state index is 12.4. The van der Waals surface area contributed by atoms with Crippen LogP contribution in [0, 0.1) is 0 Å². The smallest absolute Gasteiger partial charge is 0.410 e. The first kappa shape index (κ1) is 35.6. The van der Waals surface area contributed by atoms with Crippen LogP contribution in [-0.2, 0) is 27.4 Å². The number of hydrogen-bond acceptors (Lipinski definition) is 7. The van der Waals surface area contributed by atoms with Gasteiger partial charge in [-0.1, -0.05) is 78.9 Å². The van der Waals surface area contributed by atoms with Gasteiger partial charge in [-0.15, -0.1) is 0 Å². The average molecular weight is 644 g/mol. The fourth-order valence-electron chi connectivity index (χ4n) is 5.82. The zero-order valence-corrected chi connectivity index (χ0v) is 27.8. The van der Waals surface area contributed by atoms with Crippen LogP contribution >= 0.6 is 0 Å². The summed E-state index contributed by atoms with van der Waals surface area (Å²) in [6.07, 6.45) is -0.0156. The van der Waals surface area contributed by atoms with Crippen LogP contribution < -0.4 is 10.6 Å². The molecule has 0 spiro atoms. The molecule has 2 saturated heterocycles. The molecule has 2 atom stereocenters. The number of anilines is 1. The fourth-order valence-corrected chi connectivity index (χ4v) is 5.82. The molecule has 0 radical (unpaired) electrons. The molecule has 0 aromatic heterocycles. The first-order valence-corrected chi connectivity index (χ1v) is 16.4. The normalized spacial score (nSPS) is 18.8. The second kappa shape index (κ2) is 17.6. The Morgan fingerprint density at radius 3 is 1.89 bits per heavy atom. The Labute approximate surface area is 278 Å². The first-order chi connectivity index (χ1) is 22.5. The summed E-state index contributed by atoms with van der Waals surface area (Å²) in [6, 6.07) is 30.0. The van der Waals surface area contributed by atoms with Crippen molar-refractivity contribution in [3.63, 3.8) is 0 Å². The SMILES string of the molecule is CC(C)(C)OC(=O)N1CCN(Cc2ccccc2)C[C@H]1CC(=O)O.O=C(C[C@@H]1CN(Cc2ccccc2)CCN1)Nc1ccccc1. The number of nitrogens with zero attached hydrogens (tertiary/aromatic N) is 3. The van der Waals surface area contributed by atoms with Crippen molar-refractivity contribution < 1.29 is 24.2 Å². The molecule has 3 N–H and O–H groups in total. The zero-order chi connectivity index (χ0) is 33.6. The number of aliphatic carboxylic acids is 1. The predicted molar refractivity (Wildman–Crippen MR) is 184 cm³/mol. The van der Waals surface area contributed by atoms with Crippen LogP contribution in [0.4, 0.5) is 10.5 Å². The third kappa shape index (κ3) is 12.8. The van der Waals surface area contributed by atoms with E-state index in [-0.39, 0.29) is 24.4 Å². The van der Waals surface area contributed by atoms with Gasteiger partial charge in [0.1, 0.15) is 5.60 Å². The van der Waals surface area contributed by atoms with E-state index in [4.69, 9.17) is 4.74 Å². The number of carbonyl (C=O) groups is 3. The van der Waals surface area contributed by atoms with Crippen LogP contribution in [0.25, 0.3) is 0 Å². The van der Waals surface area contributed by atoms with E-state index < -0.39 is 17.7 Å². The van der Waals surface area contributed by atoms with Crippen LogP contribution in [0.1, 0.15) is 44.7 Å². The molecule has 0 aliphatic carbocycles. The molecule has 3 aromatic carbocycles. The maximum Gasteiger partial charge on any atom is 0.410 e. The second-order valence-corrected chi connectivity index (χ2v) is 13.1. The van der Waals surface area contributed by atoms with Gasteiger partial charge in [0.05, 0.1) is 12.5 Å². The number of benzene rings is 3. The van der Waals surface area contributed by atoms with Crippen molar-refractivity contribution in [2.75, 3.05) is 44.6 Å². The Bertz CT molecular complexity index is 1400.